The zero-order chi connectivity index (χ0) is 21.5. The van der Waals surface area contributed by atoms with E-state index in [0.717, 1.165) is 64.9 Å². The summed E-state index contributed by atoms with van der Waals surface area (Å²) >= 11 is 0. The lowest BCUT2D eigenvalue weighted by Gasteiger charge is -2.29. The van der Waals surface area contributed by atoms with Crippen LogP contribution in [0.5, 0.6) is 23.0 Å². The van der Waals surface area contributed by atoms with Crippen molar-refractivity contribution in [2.24, 2.45) is 10.9 Å². The maximum atomic E-state index is 5.62. The molecule has 0 bridgehead atoms. The Labute approximate surface area is 187 Å². The number of fused-ring (bicyclic) bond motifs is 3. The van der Waals surface area contributed by atoms with E-state index in [4.69, 9.17) is 23.9 Å². The van der Waals surface area contributed by atoms with Crippen LogP contribution >= 0.6 is 0 Å². The van der Waals surface area contributed by atoms with Gasteiger partial charge in [-0.15, -0.1) is 0 Å². The minimum Gasteiger partial charge on any atom is -0.454 e. The Morgan fingerprint density at radius 1 is 0.875 bits per heavy atom. The van der Waals surface area contributed by atoms with Crippen molar-refractivity contribution in [2.75, 3.05) is 13.6 Å². The van der Waals surface area contributed by atoms with E-state index in [0.29, 0.717) is 12.7 Å². The van der Waals surface area contributed by atoms with Crippen molar-refractivity contribution in [3.05, 3.63) is 77.8 Å². The molecule has 6 heteroatoms. The molecule has 0 amide bonds. The van der Waals surface area contributed by atoms with Crippen LogP contribution in [0.25, 0.3) is 5.70 Å². The molecule has 2 aromatic carbocycles. The Hall–Kier alpha value is -3.67. The van der Waals surface area contributed by atoms with Crippen LogP contribution in [0.4, 0.5) is 0 Å². The molecule has 6 rings (SSSR count). The van der Waals surface area contributed by atoms with Crippen LogP contribution in [0, 0.1) is 5.92 Å². The van der Waals surface area contributed by atoms with Crippen molar-refractivity contribution in [1.82, 2.24) is 4.90 Å². The topological polar surface area (TPSA) is 52.5 Å². The molecule has 4 aliphatic rings. The van der Waals surface area contributed by atoms with Gasteiger partial charge in [0.05, 0.1) is 11.4 Å². The molecular weight excluding hydrogens is 404 g/mol. The average molecular weight is 428 g/mol. The molecule has 0 saturated heterocycles. The van der Waals surface area contributed by atoms with Crippen LogP contribution in [0.3, 0.4) is 0 Å². The number of hydrogen-bond acceptors (Lipinski definition) is 6. The molecule has 32 heavy (non-hydrogen) atoms. The molecule has 1 atom stereocenters. The number of aliphatic imine (C=N–C) groups is 1. The quantitative estimate of drug-likeness (QED) is 0.664. The van der Waals surface area contributed by atoms with Gasteiger partial charge in [0.25, 0.3) is 0 Å². The lowest BCUT2D eigenvalue weighted by atomic mass is 10.0. The lowest BCUT2D eigenvalue weighted by molar-refractivity contribution is 0.173. The van der Waals surface area contributed by atoms with Crippen molar-refractivity contribution < 1.29 is 18.9 Å². The molecule has 6 nitrogen and oxygen atoms in total. The van der Waals surface area contributed by atoms with E-state index in [-0.39, 0.29) is 6.79 Å². The van der Waals surface area contributed by atoms with Crippen LogP contribution in [-0.2, 0) is 6.42 Å². The summed E-state index contributed by atoms with van der Waals surface area (Å²) in [6, 6.07) is 12.3. The van der Waals surface area contributed by atoms with Gasteiger partial charge in [-0.05, 0) is 61.1 Å². The second kappa shape index (κ2) is 7.79. The standard InChI is InChI=1S/C26H24N2O4/c1-17-2-7-21-20(6-3-18-4-8-23-25(13-18)31-15-29-23)27-10-11-28(21)22(12-17)19-5-9-24-26(14-19)32-16-30-24/h4-5,7-14,17H,2-3,6,15-16H2,1H3. The fourth-order valence-electron chi connectivity index (χ4n) is 4.46. The van der Waals surface area contributed by atoms with Crippen LogP contribution < -0.4 is 18.9 Å². The average Bonchev–Trinajstić information content (AvgIpc) is 3.44. The molecule has 1 unspecified atom stereocenters. The molecule has 162 valence electrons. The highest BCUT2D eigenvalue weighted by Gasteiger charge is 2.25. The van der Waals surface area contributed by atoms with Crippen LogP contribution in [0.1, 0.15) is 30.9 Å². The van der Waals surface area contributed by atoms with Gasteiger partial charge in [-0.1, -0.05) is 25.1 Å². The summed E-state index contributed by atoms with van der Waals surface area (Å²) < 4.78 is 22.1. The Morgan fingerprint density at radius 2 is 1.62 bits per heavy atom. The van der Waals surface area contributed by atoms with E-state index in [1.165, 1.54) is 5.56 Å². The Bertz CT molecular complexity index is 1190. The second-order valence-corrected chi connectivity index (χ2v) is 8.35. The molecule has 0 N–H and O–H groups in total. The van der Waals surface area contributed by atoms with Crippen molar-refractivity contribution in [3.63, 3.8) is 0 Å². The third kappa shape index (κ3) is 3.42. The van der Waals surface area contributed by atoms with Crippen molar-refractivity contribution in [3.8, 4) is 23.0 Å². The minimum absolute atomic E-state index is 0.277. The predicted molar refractivity (Wildman–Crippen MR) is 122 cm³/mol. The van der Waals surface area contributed by atoms with Gasteiger partial charge in [0.2, 0.25) is 13.6 Å². The first-order valence-corrected chi connectivity index (χ1v) is 11.0. The van der Waals surface area contributed by atoms with Gasteiger partial charge in [-0.2, -0.15) is 0 Å². The van der Waals surface area contributed by atoms with Crippen LogP contribution in [0.15, 0.2) is 71.6 Å². The van der Waals surface area contributed by atoms with Gasteiger partial charge in [0, 0.05) is 23.7 Å². The maximum Gasteiger partial charge on any atom is 0.231 e. The summed E-state index contributed by atoms with van der Waals surface area (Å²) in [7, 11) is 0. The number of allylic oxidation sites excluding steroid dienone is 3. The van der Waals surface area contributed by atoms with Crippen molar-refractivity contribution >= 4 is 11.4 Å². The summed E-state index contributed by atoms with van der Waals surface area (Å²) in [5.41, 5.74) is 5.71. The number of rotatable bonds is 4. The monoisotopic (exact) mass is 428 g/mol. The predicted octanol–water partition coefficient (Wildman–Crippen LogP) is 5.27. The SMILES string of the molecule is CC1C=C(c2ccc3c(c2)OCO3)N2C=CN=C(CCc3ccc4c(c3)OCO4)C2=CC1. The van der Waals surface area contributed by atoms with Crippen molar-refractivity contribution in [1.29, 1.82) is 0 Å². The molecule has 4 heterocycles. The number of ether oxygens (including phenoxy) is 4. The number of hydrogen-bond donors (Lipinski definition) is 0. The van der Waals surface area contributed by atoms with Crippen LogP contribution in [-0.4, -0.2) is 24.2 Å². The number of benzene rings is 2. The summed E-state index contributed by atoms with van der Waals surface area (Å²) in [6.45, 7) is 2.82. The van der Waals surface area contributed by atoms with E-state index < -0.39 is 0 Å². The third-order valence-electron chi connectivity index (χ3n) is 6.14. The molecule has 0 saturated carbocycles. The van der Waals surface area contributed by atoms with Gasteiger partial charge in [-0.3, -0.25) is 4.99 Å². The largest absolute Gasteiger partial charge is 0.454 e. The first kappa shape index (κ1) is 19.0. The highest BCUT2D eigenvalue weighted by molar-refractivity contribution is 6.02. The summed E-state index contributed by atoms with van der Waals surface area (Å²) in [4.78, 5) is 7.01. The molecular formula is C26H24N2O4. The van der Waals surface area contributed by atoms with Crippen molar-refractivity contribution in [2.45, 2.75) is 26.2 Å². The molecule has 0 aliphatic carbocycles. The van der Waals surface area contributed by atoms with E-state index in [1.807, 2.05) is 24.5 Å². The third-order valence-corrected chi connectivity index (χ3v) is 6.14. The first-order valence-electron chi connectivity index (χ1n) is 11.0. The van der Waals surface area contributed by atoms with Gasteiger partial charge < -0.3 is 23.8 Å². The minimum atomic E-state index is 0.277. The second-order valence-electron chi connectivity index (χ2n) is 8.35. The molecule has 0 aromatic heterocycles. The van der Waals surface area contributed by atoms with Gasteiger partial charge in [-0.25, -0.2) is 0 Å². The fraction of sp³-hybridized carbons (Fsp3) is 0.269. The van der Waals surface area contributed by atoms with Gasteiger partial charge in [0.15, 0.2) is 23.0 Å². The smallest absolute Gasteiger partial charge is 0.231 e. The zero-order valence-corrected chi connectivity index (χ0v) is 17.9. The Morgan fingerprint density at radius 3 is 2.47 bits per heavy atom. The van der Waals surface area contributed by atoms with E-state index in [1.54, 1.807) is 0 Å². The lowest BCUT2D eigenvalue weighted by Crippen LogP contribution is -2.24. The Balaban J connectivity index is 1.26. The fourth-order valence-corrected chi connectivity index (χ4v) is 4.46. The molecule has 4 aliphatic heterocycles. The molecule has 0 spiro atoms. The maximum absolute atomic E-state index is 5.62. The first-order chi connectivity index (χ1) is 15.7. The summed E-state index contributed by atoms with van der Waals surface area (Å²) in [5, 5.41) is 0. The number of nitrogens with zero attached hydrogens (tertiary/aromatic N) is 2. The van der Waals surface area contributed by atoms with Gasteiger partial charge >= 0.3 is 0 Å². The normalized spacial score (nSPS) is 20.3. The van der Waals surface area contributed by atoms with E-state index in [2.05, 4.69) is 48.2 Å². The van der Waals surface area contributed by atoms with E-state index in [9.17, 15) is 0 Å². The van der Waals surface area contributed by atoms with Crippen LogP contribution in [0.2, 0.25) is 0 Å². The highest BCUT2D eigenvalue weighted by Crippen LogP contribution is 2.39. The summed E-state index contributed by atoms with van der Waals surface area (Å²) in [6.07, 6.45) is 11.3. The zero-order valence-electron chi connectivity index (χ0n) is 17.9. The molecule has 0 fully saturated rings. The highest BCUT2D eigenvalue weighted by atomic mass is 16.7. The molecule has 2 aromatic rings. The Kier molecular flexibility index (Phi) is 4.63. The van der Waals surface area contributed by atoms with Gasteiger partial charge in [0.1, 0.15) is 0 Å². The molecule has 0 radical (unpaired) electrons. The summed E-state index contributed by atoms with van der Waals surface area (Å²) in [5.74, 6) is 3.65. The number of aryl methyl sites for hydroxylation is 1. The van der Waals surface area contributed by atoms with E-state index >= 15 is 0 Å².